The van der Waals surface area contributed by atoms with E-state index in [1.165, 1.54) is 17.8 Å². The molecule has 9 heteroatoms. The van der Waals surface area contributed by atoms with Crippen LogP contribution in [0.2, 0.25) is 0 Å². The van der Waals surface area contributed by atoms with Gasteiger partial charge in [0, 0.05) is 17.7 Å². The average molecular weight is 465 g/mol. The molecule has 1 amide bonds. The third kappa shape index (κ3) is 3.82. The summed E-state index contributed by atoms with van der Waals surface area (Å²) in [4.78, 5) is 35.6. The van der Waals surface area contributed by atoms with E-state index in [0.29, 0.717) is 29.7 Å². The number of hydrogen-bond donors (Lipinski definition) is 0. The third-order valence-corrected chi connectivity index (χ3v) is 7.04. The molecule has 32 heavy (non-hydrogen) atoms. The molecule has 2 aromatic heterocycles. The number of para-hydroxylation sites is 3. The van der Waals surface area contributed by atoms with Crippen molar-refractivity contribution in [3.63, 3.8) is 0 Å². The standard InChI is InChI=1S/C23H20N4O3S2/c1-2-30-21(29)13-20-26(19(28)14-32-20)11-12-31-23-25-16-8-4-3-7-15(16)22-24-17-9-5-6-10-18(17)27(22)23/h3-10,13H,2,11-12,14H2,1H3. The molecule has 0 radical (unpaired) electrons. The second-order valence-electron chi connectivity index (χ2n) is 7.09. The molecule has 2 aromatic carbocycles. The number of amides is 1. The van der Waals surface area contributed by atoms with Crippen molar-refractivity contribution in [1.82, 2.24) is 19.3 Å². The predicted octanol–water partition coefficient (Wildman–Crippen LogP) is 4.11. The average Bonchev–Trinajstić information content (AvgIpc) is 3.35. The zero-order valence-corrected chi connectivity index (χ0v) is 19.0. The van der Waals surface area contributed by atoms with Crippen LogP contribution in [-0.2, 0) is 14.3 Å². The molecule has 0 atom stereocenters. The monoisotopic (exact) mass is 464 g/mol. The molecule has 0 N–H and O–H groups in total. The molecular formula is C23H20N4O3S2. The lowest BCUT2D eigenvalue weighted by atomic mass is 10.2. The van der Waals surface area contributed by atoms with E-state index in [1.807, 2.05) is 48.5 Å². The molecule has 3 heterocycles. The molecular weight excluding hydrogens is 444 g/mol. The van der Waals surface area contributed by atoms with E-state index in [1.54, 1.807) is 23.6 Å². The van der Waals surface area contributed by atoms with Crippen LogP contribution in [0.25, 0.3) is 27.6 Å². The van der Waals surface area contributed by atoms with Crippen LogP contribution < -0.4 is 0 Å². The zero-order chi connectivity index (χ0) is 22.1. The summed E-state index contributed by atoms with van der Waals surface area (Å²) < 4.78 is 7.07. The number of carbonyl (C=O) groups excluding carboxylic acids is 2. The second-order valence-corrected chi connectivity index (χ2v) is 9.15. The summed E-state index contributed by atoms with van der Waals surface area (Å²) in [6.07, 6.45) is 1.40. The molecule has 0 unspecified atom stereocenters. The van der Waals surface area contributed by atoms with Crippen molar-refractivity contribution in [3.8, 4) is 0 Å². The number of fused-ring (bicyclic) bond motifs is 5. The fraction of sp³-hybridized carbons (Fsp3) is 0.217. The van der Waals surface area contributed by atoms with Crippen LogP contribution in [0.1, 0.15) is 6.92 Å². The molecule has 0 spiro atoms. The highest BCUT2D eigenvalue weighted by atomic mass is 32.2. The van der Waals surface area contributed by atoms with Crippen LogP contribution in [-0.4, -0.2) is 55.8 Å². The maximum atomic E-state index is 12.4. The van der Waals surface area contributed by atoms with Gasteiger partial charge in [0.1, 0.15) is 5.65 Å². The van der Waals surface area contributed by atoms with E-state index >= 15 is 0 Å². The van der Waals surface area contributed by atoms with E-state index in [4.69, 9.17) is 14.7 Å². The van der Waals surface area contributed by atoms with E-state index in [9.17, 15) is 9.59 Å². The van der Waals surface area contributed by atoms with Gasteiger partial charge in [0.2, 0.25) is 5.91 Å². The van der Waals surface area contributed by atoms with Crippen molar-refractivity contribution in [2.24, 2.45) is 0 Å². The second kappa shape index (κ2) is 8.84. The van der Waals surface area contributed by atoms with Crippen LogP contribution in [0.3, 0.4) is 0 Å². The molecule has 7 nitrogen and oxygen atoms in total. The SMILES string of the molecule is CCOC(=O)C=C1SCC(=O)N1CCSc1nc2ccccc2c2nc3ccccc3n12. The largest absolute Gasteiger partial charge is 0.463 e. The van der Waals surface area contributed by atoms with Crippen molar-refractivity contribution in [2.75, 3.05) is 24.7 Å². The number of thioether (sulfide) groups is 2. The number of esters is 1. The number of rotatable bonds is 6. The molecule has 0 bridgehead atoms. The molecule has 4 aromatic rings. The summed E-state index contributed by atoms with van der Waals surface area (Å²) in [5.74, 6) is 0.529. The highest BCUT2D eigenvalue weighted by molar-refractivity contribution is 8.04. The molecule has 1 aliphatic rings. The number of ether oxygens (including phenoxy) is 1. The Morgan fingerprint density at radius 2 is 1.94 bits per heavy atom. The van der Waals surface area contributed by atoms with Gasteiger partial charge in [-0.2, -0.15) is 0 Å². The summed E-state index contributed by atoms with van der Waals surface area (Å²) in [7, 11) is 0. The number of nitrogens with zero attached hydrogens (tertiary/aromatic N) is 4. The maximum absolute atomic E-state index is 12.4. The van der Waals surface area contributed by atoms with Gasteiger partial charge in [0.05, 0.1) is 40.0 Å². The Morgan fingerprint density at radius 1 is 1.16 bits per heavy atom. The third-order valence-electron chi connectivity index (χ3n) is 5.10. The first-order valence-corrected chi connectivity index (χ1v) is 12.2. The Hall–Kier alpha value is -3.04. The Balaban J connectivity index is 1.45. The van der Waals surface area contributed by atoms with Gasteiger partial charge in [-0.05, 0) is 31.2 Å². The fourth-order valence-corrected chi connectivity index (χ4v) is 5.58. The van der Waals surface area contributed by atoms with Gasteiger partial charge < -0.3 is 9.64 Å². The van der Waals surface area contributed by atoms with E-state index < -0.39 is 5.97 Å². The lowest BCUT2D eigenvalue weighted by Crippen LogP contribution is -2.27. The van der Waals surface area contributed by atoms with Crippen LogP contribution in [0, 0.1) is 0 Å². The summed E-state index contributed by atoms with van der Waals surface area (Å²) in [6.45, 7) is 2.54. The molecule has 0 saturated carbocycles. The normalized spacial score (nSPS) is 15.5. The smallest absolute Gasteiger partial charge is 0.333 e. The van der Waals surface area contributed by atoms with Crippen molar-refractivity contribution in [2.45, 2.75) is 12.1 Å². The minimum Gasteiger partial charge on any atom is -0.463 e. The summed E-state index contributed by atoms with van der Waals surface area (Å²) in [5.41, 5.74) is 3.67. The minimum atomic E-state index is -0.426. The number of aromatic nitrogens is 3. The first-order chi connectivity index (χ1) is 15.7. The van der Waals surface area contributed by atoms with Crippen LogP contribution >= 0.6 is 23.5 Å². The zero-order valence-electron chi connectivity index (χ0n) is 17.4. The summed E-state index contributed by atoms with van der Waals surface area (Å²) in [6, 6.07) is 16.0. The van der Waals surface area contributed by atoms with Crippen molar-refractivity contribution < 1.29 is 14.3 Å². The Labute approximate surface area is 192 Å². The number of hydrogen-bond acceptors (Lipinski definition) is 7. The molecule has 1 saturated heterocycles. The minimum absolute atomic E-state index is 0.00385. The van der Waals surface area contributed by atoms with Gasteiger partial charge in [0.15, 0.2) is 5.16 Å². The Bertz CT molecular complexity index is 1380. The summed E-state index contributed by atoms with van der Waals surface area (Å²) >= 11 is 2.93. The number of benzene rings is 2. The highest BCUT2D eigenvalue weighted by Gasteiger charge is 2.27. The quantitative estimate of drug-likeness (QED) is 0.184. The first-order valence-electron chi connectivity index (χ1n) is 10.3. The fourth-order valence-electron chi connectivity index (χ4n) is 3.69. The highest BCUT2D eigenvalue weighted by Crippen LogP contribution is 2.31. The van der Waals surface area contributed by atoms with Crippen LogP contribution in [0.4, 0.5) is 0 Å². The van der Waals surface area contributed by atoms with Gasteiger partial charge in [-0.1, -0.05) is 47.8 Å². The lowest BCUT2D eigenvalue weighted by molar-refractivity contribution is -0.137. The van der Waals surface area contributed by atoms with Crippen LogP contribution in [0.5, 0.6) is 0 Å². The van der Waals surface area contributed by atoms with E-state index in [0.717, 1.165) is 32.7 Å². The molecule has 162 valence electrons. The van der Waals surface area contributed by atoms with E-state index in [-0.39, 0.29) is 5.91 Å². The van der Waals surface area contributed by atoms with Crippen LogP contribution in [0.15, 0.2) is 64.8 Å². The molecule has 1 aliphatic heterocycles. The number of carbonyl (C=O) groups is 2. The first kappa shape index (κ1) is 20.8. The Kier molecular flexibility index (Phi) is 5.75. The molecule has 5 rings (SSSR count). The van der Waals surface area contributed by atoms with Crippen molar-refractivity contribution in [1.29, 1.82) is 0 Å². The van der Waals surface area contributed by atoms with E-state index in [2.05, 4.69) is 4.40 Å². The number of imidazole rings is 1. The topological polar surface area (TPSA) is 76.8 Å². The predicted molar refractivity (Wildman–Crippen MR) is 128 cm³/mol. The van der Waals surface area contributed by atoms with Gasteiger partial charge in [0.25, 0.3) is 0 Å². The summed E-state index contributed by atoms with van der Waals surface area (Å²) in [5, 5.41) is 2.46. The van der Waals surface area contributed by atoms with Gasteiger partial charge in [-0.3, -0.25) is 9.20 Å². The van der Waals surface area contributed by atoms with Gasteiger partial charge in [-0.15, -0.1) is 0 Å². The van der Waals surface area contributed by atoms with Gasteiger partial charge >= 0.3 is 5.97 Å². The molecule has 1 fully saturated rings. The van der Waals surface area contributed by atoms with Crippen molar-refractivity contribution in [3.05, 3.63) is 59.6 Å². The maximum Gasteiger partial charge on any atom is 0.333 e. The lowest BCUT2D eigenvalue weighted by Gasteiger charge is -2.17. The van der Waals surface area contributed by atoms with Crippen molar-refractivity contribution >= 4 is 63.0 Å². The Morgan fingerprint density at radius 3 is 2.78 bits per heavy atom. The van der Waals surface area contributed by atoms with Gasteiger partial charge in [-0.25, -0.2) is 14.8 Å². The molecule has 0 aliphatic carbocycles.